The fraction of sp³-hybridized carbons (Fsp3) is 0.846. The molecule has 0 aliphatic heterocycles. The molecule has 0 saturated carbocycles. The molecule has 5 heteroatoms. The lowest BCUT2D eigenvalue weighted by Gasteiger charge is -2.20. The Hall–Kier alpha value is -0.390. The molecule has 0 heterocycles. The molecule has 0 aliphatic carbocycles. The van der Waals surface area contributed by atoms with Gasteiger partial charge in [-0.3, -0.25) is 0 Å². The highest BCUT2D eigenvalue weighted by Crippen LogP contribution is 2.07. The van der Waals surface area contributed by atoms with E-state index in [0.29, 0.717) is 19.5 Å². The van der Waals surface area contributed by atoms with Gasteiger partial charge in [-0.1, -0.05) is 26.0 Å². The highest BCUT2D eigenvalue weighted by atomic mass is 32.2. The molecule has 1 N–H and O–H groups in total. The first-order valence-corrected chi connectivity index (χ1v) is 8.37. The van der Waals surface area contributed by atoms with E-state index in [-0.39, 0.29) is 5.75 Å². The second-order valence-corrected chi connectivity index (χ2v) is 6.74. The molecule has 0 unspecified atom stereocenters. The van der Waals surface area contributed by atoms with E-state index >= 15 is 0 Å². The van der Waals surface area contributed by atoms with Gasteiger partial charge in [0.1, 0.15) is 0 Å². The minimum absolute atomic E-state index is 0.238. The van der Waals surface area contributed by atoms with E-state index in [1.165, 1.54) is 4.31 Å². The van der Waals surface area contributed by atoms with E-state index in [1.807, 2.05) is 13.8 Å². The summed E-state index contributed by atoms with van der Waals surface area (Å²) in [6, 6.07) is 0. The molecular weight excluding hydrogens is 248 g/mol. The van der Waals surface area contributed by atoms with Gasteiger partial charge in [-0.25, -0.2) is 8.42 Å². The normalized spacial score (nSPS) is 12.0. The fourth-order valence-corrected chi connectivity index (χ4v) is 3.31. The smallest absolute Gasteiger partial charge is 0.214 e. The summed E-state index contributed by atoms with van der Waals surface area (Å²) in [5.74, 6) is 0.238. The molecule has 0 rings (SSSR count). The average Bonchev–Trinajstić information content (AvgIpc) is 2.30. The van der Waals surface area contributed by atoms with Gasteiger partial charge in [-0.05, 0) is 39.3 Å². The van der Waals surface area contributed by atoms with Crippen molar-refractivity contribution < 1.29 is 8.42 Å². The summed E-state index contributed by atoms with van der Waals surface area (Å²) in [5.41, 5.74) is 0.880. The monoisotopic (exact) mass is 276 g/mol. The molecule has 0 spiro atoms. The summed E-state index contributed by atoms with van der Waals surface area (Å²) < 4.78 is 25.6. The van der Waals surface area contributed by atoms with Crippen LogP contribution in [0.4, 0.5) is 0 Å². The van der Waals surface area contributed by atoms with Crippen LogP contribution in [0.2, 0.25) is 0 Å². The summed E-state index contributed by atoms with van der Waals surface area (Å²) >= 11 is 0. The lowest BCUT2D eigenvalue weighted by atomic mass is 10.3. The molecule has 4 nitrogen and oxygen atoms in total. The Morgan fingerprint density at radius 1 is 1.22 bits per heavy atom. The number of hydrogen-bond acceptors (Lipinski definition) is 3. The molecule has 108 valence electrons. The highest BCUT2D eigenvalue weighted by Gasteiger charge is 2.19. The Kier molecular flexibility index (Phi) is 9.32. The number of nitrogens with one attached hydrogen (secondary N) is 1. The Morgan fingerprint density at radius 2 is 1.89 bits per heavy atom. The minimum Gasteiger partial charge on any atom is -0.317 e. The molecule has 0 aliphatic rings. The van der Waals surface area contributed by atoms with E-state index in [9.17, 15) is 8.42 Å². The lowest BCUT2D eigenvalue weighted by molar-refractivity contribution is 0.450. The molecule has 0 amide bonds. The number of likely N-dealkylation sites (N-methyl/N-ethyl adjacent to an activating group) is 1. The zero-order valence-electron chi connectivity index (χ0n) is 12.0. The molecule has 0 aromatic heterocycles. The third kappa shape index (κ3) is 7.84. The fourth-order valence-electron chi connectivity index (χ4n) is 1.67. The zero-order chi connectivity index (χ0) is 14.0. The van der Waals surface area contributed by atoms with Gasteiger partial charge >= 0.3 is 0 Å². The van der Waals surface area contributed by atoms with Crippen LogP contribution in [-0.2, 0) is 10.0 Å². The van der Waals surface area contributed by atoms with E-state index in [4.69, 9.17) is 0 Å². The minimum atomic E-state index is -3.12. The van der Waals surface area contributed by atoms with E-state index in [2.05, 4.69) is 18.8 Å². The van der Waals surface area contributed by atoms with Crippen LogP contribution in [0.5, 0.6) is 0 Å². The number of hydrogen-bond donors (Lipinski definition) is 1. The first-order chi connectivity index (χ1) is 8.44. The van der Waals surface area contributed by atoms with Gasteiger partial charge in [-0.15, -0.1) is 0 Å². The molecule has 0 aromatic carbocycles. The first kappa shape index (κ1) is 17.6. The van der Waals surface area contributed by atoms with E-state index < -0.39 is 10.0 Å². The van der Waals surface area contributed by atoms with Gasteiger partial charge in [0.25, 0.3) is 0 Å². The van der Waals surface area contributed by atoms with Crippen molar-refractivity contribution in [1.29, 1.82) is 0 Å². The van der Waals surface area contributed by atoms with Crippen LogP contribution in [0.15, 0.2) is 12.2 Å². The van der Waals surface area contributed by atoms with Crippen LogP contribution >= 0.6 is 0 Å². The quantitative estimate of drug-likeness (QED) is 0.464. The van der Waals surface area contributed by atoms with Gasteiger partial charge in [0, 0.05) is 13.1 Å². The zero-order valence-corrected chi connectivity index (χ0v) is 12.9. The largest absolute Gasteiger partial charge is 0.317 e. The summed E-state index contributed by atoms with van der Waals surface area (Å²) in [6.45, 7) is 12.5. The van der Waals surface area contributed by atoms with Gasteiger partial charge in [0.15, 0.2) is 0 Å². The number of sulfonamides is 1. The maximum absolute atomic E-state index is 12.1. The predicted octanol–water partition coefficient (Wildman–Crippen LogP) is 1.99. The van der Waals surface area contributed by atoms with Crippen LogP contribution < -0.4 is 5.32 Å². The molecule has 0 radical (unpaired) electrons. The Labute approximate surface area is 112 Å². The highest BCUT2D eigenvalue weighted by molar-refractivity contribution is 7.89. The van der Waals surface area contributed by atoms with Crippen molar-refractivity contribution in [2.45, 2.75) is 40.0 Å². The maximum Gasteiger partial charge on any atom is 0.214 e. The van der Waals surface area contributed by atoms with Gasteiger partial charge < -0.3 is 5.32 Å². The van der Waals surface area contributed by atoms with Crippen LogP contribution in [-0.4, -0.2) is 44.7 Å². The molecule has 0 fully saturated rings. The van der Waals surface area contributed by atoms with Crippen LogP contribution in [0.3, 0.4) is 0 Å². The second kappa shape index (κ2) is 9.53. The summed E-state index contributed by atoms with van der Waals surface area (Å²) in [5, 5.41) is 3.27. The first-order valence-electron chi connectivity index (χ1n) is 6.77. The van der Waals surface area contributed by atoms with Crippen molar-refractivity contribution in [3.8, 4) is 0 Å². The Bertz CT molecular complexity index is 326. The van der Waals surface area contributed by atoms with Crippen molar-refractivity contribution >= 4 is 10.0 Å². The molecule has 0 saturated heterocycles. The SMILES string of the molecule is C=C(C)CN(CC)S(=O)(=O)CCCCNCCC. The van der Waals surface area contributed by atoms with Crippen molar-refractivity contribution in [2.75, 3.05) is 31.9 Å². The summed E-state index contributed by atoms with van der Waals surface area (Å²) in [6.07, 6.45) is 2.73. The van der Waals surface area contributed by atoms with E-state index in [1.54, 1.807) is 0 Å². The van der Waals surface area contributed by atoms with Gasteiger partial charge in [-0.2, -0.15) is 4.31 Å². The second-order valence-electron chi connectivity index (χ2n) is 4.66. The molecule has 0 aromatic rings. The van der Waals surface area contributed by atoms with Gasteiger partial charge in [0.05, 0.1) is 5.75 Å². The third-order valence-electron chi connectivity index (χ3n) is 2.62. The Balaban J connectivity index is 4.01. The molecule has 18 heavy (non-hydrogen) atoms. The number of rotatable bonds is 11. The van der Waals surface area contributed by atoms with Crippen molar-refractivity contribution in [3.63, 3.8) is 0 Å². The molecule has 0 bridgehead atoms. The van der Waals surface area contributed by atoms with Crippen LogP contribution in [0.25, 0.3) is 0 Å². The van der Waals surface area contributed by atoms with E-state index in [0.717, 1.165) is 31.5 Å². The standard InChI is InChI=1S/C13H28N2O2S/c1-5-9-14-10-7-8-11-18(16,17)15(6-2)12-13(3)4/h14H,3,5-12H2,1-2,4H3. The Morgan fingerprint density at radius 3 is 2.39 bits per heavy atom. The average molecular weight is 276 g/mol. The number of nitrogens with zero attached hydrogens (tertiary/aromatic N) is 1. The van der Waals surface area contributed by atoms with Crippen LogP contribution in [0, 0.1) is 0 Å². The summed E-state index contributed by atoms with van der Waals surface area (Å²) in [4.78, 5) is 0. The third-order valence-corrected chi connectivity index (χ3v) is 4.60. The summed E-state index contributed by atoms with van der Waals surface area (Å²) in [7, 11) is -3.12. The molecule has 0 atom stereocenters. The van der Waals surface area contributed by atoms with Crippen molar-refractivity contribution in [3.05, 3.63) is 12.2 Å². The lowest BCUT2D eigenvalue weighted by Crippen LogP contribution is -2.34. The van der Waals surface area contributed by atoms with Crippen LogP contribution in [0.1, 0.15) is 40.0 Å². The maximum atomic E-state index is 12.1. The van der Waals surface area contributed by atoms with Crippen molar-refractivity contribution in [2.24, 2.45) is 0 Å². The number of unbranched alkanes of at least 4 members (excludes halogenated alkanes) is 1. The van der Waals surface area contributed by atoms with Gasteiger partial charge in [0.2, 0.25) is 10.0 Å². The topological polar surface area (TPSA) is 49.4 Å². The van der Waals surface area contributed by atoms with Crippen molar-refractivity contribution in [1.82, 2.24) is 9.62 Å². The predicted molar refractivity (Wildman–Crippen MR) is 78.2 cm³/mol. The molecular formula is C13H28N2O2S.